The van der Waals surface area contributed by atoms with Crippen molar-refractivity contribution in [1.82, 2.24) is 10.2 Å². The molecule has 0 aliphatic carbocycles. The lowest BCUT2D eigenvalue weighted by atomic mass is 9.85. The normalized spacial score (nSPS) is 21.4. The van der Waals surface area contributed by atoms with Gasteiger partial charge < -0.3 is 20.9 Å². The van der Waals surface area contributed by atoms with Crippen LogP contribution >= 0.6 is 0 Å². The Hall–Kier alpha value is -1.73. The number of hydrogen-bond acceptors (Lipinski definition) is 4. The Morgan fingerprint density at radius 3 is 2.59 bits per heavy atom. The summed E-state index contributed by atoms with van der Waals surface area (Å²) in [5.41, 5.74) is 5.43. The third kappa shape index (κ3) is 2.44. The van der Waals surface area contributed by atoms with Crippen molar-refractivity contribution in [3.05, 3.63) is 29.8 Å². The van der Waals surface area contributed by atoms with Crippen LogP contribution in [0, 0.1) is 11.6 Å². The molecule has 3 N–H and O–H groups in total. The van der Waals surface area contributed by atoms with Gasteiger partial charge in [0.15, 0.2) is 11.6 Å². The zero-order valence-electron chi connectivity index (χ0n) is 12.3. The SMILES string of the molecule is NCCN1CCC2(CC1)C(=O)NCN2c1ccc(F)c(F)c1. The number of nitrogens with two attached hydrogens (primary N) is 1. The molecule has 22 heavy (non-hydrogen) atoms. The molecule has 1 amide bonds. The first-order chi connectivity index (χ1) is 10.6. The number of nitrogens with zero attached hydrogens (tertiary/aromatic N) is 2. The minimum Gasteiger partial charge on any atom is -0.339 e. The Labute approximate surface area is 128 Å². The van der Waals surface area contributed by atoms with Crippen molar-refractivity contribution in [3.63, 3.8) is 0 Å². The second kappa shape index (κ2) is 5.81. The van der Waals surface area contributed by atoms with E-state index in [1.807, 2.05) is 4.90 Å². The van der Waals surface area contributed by atoms with E-state index in [9.17, 15) is 13.6 Å². The third-order valence-electron chi connectivity index (χ3n) is 4.68. The van der Waals surface area contributed by atoms with E-state index < -0.39 is 17.2 Å². The molecule has 2 fully saturated rings. The van der Waals surface area contributed by atoms with Crippen molar-refractivity contribution in [2.45, 2.75) is 18.4 Å². The van der Waals surface area contributed by atoms with Gasteiger partial charge >= 0.3 is 0 Å². The molecular formula is C15H20F2N4O. The van der Waals surface area contributed by atoms with E-state index in [0.29, 0.717) is 31.7 Å². The molecule has 1 aromatic carbocycles. The van der Waals surface area contributed by atoms with Gasteiger partial charge in [0, 0.05) is 37.9 Å². The van der Waals surface area contributed by atoms with Crippen molar-refractivity contribution in [1.29, 1.82) is 0 Å². The van der Waals surface area contributed by atoms with Gasteiger partial charge in [0.1, 0.15) is 5.54 Å². The average Bonchev–Trinajstić information content (AvgIpc) is 2.82. The Bertz CT molecular complexity index is 573. The Kier molecular flexibility index (Phi) is 4.01. The van der Waals surface area contributed by atoms with Crippen LogP contribution < -0.4 is 16.0 Å². The summed E-state index contributed by atoms with van der Waals surface area (Å²) in [5, 5.41) is 2.84. The van der Waals surface area contributed by atoms with Crippen LogP contribution in [0.3, 0.4) is 0 Å². The van der Waals surface area contributed by atoms with Gasteiger partial charge in [0.05, 0.1) is 6.67 Å². The number of hydrogen-bond donors (Lipinski definition) is 2. The highest BCUT2D eigenvalue weighted by Crippen LogP contribution is 2.36. The van der Waals surface area contributed by atoms with E-state index in [1.165, 1.54) is 6.07 Å². The van der Waals surface area contributed by atoms with E-state index >= 15 is 0 Å². The quantitative estimate of drug-likeness (QED) is 0.861. The summed E-state index contributed by atoms with van der Waals surface area (Å²) in [6.45, 7) is 3.26. The van der Waals surface area contributed by atoms with Crippen LogP contribution in [0.4, 0.5) is 14.5 Å². The van der Waals surface area contributed by atoms with Crippen LogP contribution in [0.25, 0.3) is 0 Å². The van der Waals surface area contributed by atoms with Crippen LogP contribution in [0.1, 0.15) is 12.8 Å². The molecule has 1 spiro atoms. The number of likely N-dealkylation sites (tertiary alicyclic amines) is 1. The number of amides is 1. The minimum atomic E-state index is -0.896. The van der Waals surface area contributed by atoms with Crippen molar-refractivity contribution in [2.24, 2.45) is 5.73 Å². The van der Waals surface area contributed by atoms with E-state index in [4.69, 9.17) is 5.73 Å². The average molecular weight is 310 g/mol. The topological polar surface area (TPSA) is 61.6 Å². The fourth-order valence-corrected chi connectivity index (χ4v) is 3.41. The zero-order valence-corrected chi connectivity index (χ0v) is 12.3. The van der Waals surface area contributed by atoms with Crippen LogP contribution in [0.2, 0.25) is 0 Å². The summed E-state index contributed by atoms with van der Waals surface area (Å²) in [6, 6.07) is 3.78. The highest BCUT2D eigenvalue weighted by Gasteiger charge is 2.50. The molecule has 3 rings (SSSR count). The van der Waals surface area contributed by atoms with Gasteiger partial charge in [-0.1, -0.05) is 0 Å². The molecular weight excluding hydrogens is 290 g/mol. The summed E-state index contributed by atoms with van der Waals surface area (Å²) < 4.78 is 26.7. The van der Waals surface area contributed by atoms with Crippen LogP contribution in [0.5, 0.6) is 0 Å². The second-order valence-corrected chi connectivity index (χ2v) is 5.85. The highest BCUT2D eigenvalue weighted by atomic mass is 19.2. The number of carbonyl (C=O) groups excluding carboxylic acids is 1. The lowest BCUT2D eigenvalue weighted by Gasteiger charge is -2.43. The fraction of sp³-hybridized carbons (Fsp3) is 0.533. The Balaban J connectivity index is 1.85. The zero-order chi connectivity index (χ0) is 15.7. The number of carbonyl (C=O) groups is 1. The predicted octanol–water partition coefficient (Wildman–Crippen LogP) is 0.652. The first-order valence-corrected chi connectivity index (χ1v) is 7.50. The van der Waals surface area contributed by atoms with Gasteiger partial charge in [-0.2, -0.15) is 0 Å². The van der Waals surface area contributed by atoms with Gasteiger partial charge in [0.2, 0.25) is 5.91 Å². The third-order valence-corrected chi connectivity index (χ3v) is 4.68. The molecule has 1 aromatic rings. The van der Waals surface area contributed by atoms with Crippen molar-refractivity contribution in [3.8, 4) is 0 Å². The molecule has 0 atom stereocenters. The molecule has 0 aromatic heterocycles. The van der Waals surface area contributed by atoms with Crippen molar-refractivity contribution in [2.75, 3.05) is 37.7 Å². The lowest BCUT2D eigenvalue weighted by Crippen LogP contribution is -2.56. The molecule has 0 unspecified atom stereocenters. The maximum absolute atomic E-state index is 13.5. The monoisotopic (exact) mass is 310 g/mol. The molecule has 120 valence electrons. The Morgan fingerprint density at radius 2 is 1.95 bits per heavy atom. The van der Waals surface area contributed by atoms with Crippen LogP contribution in [-0.2, 0) is 4.79 Å². The molecule has 2 aliphatic rings. The molecule has 2 heterocycles. The van der Waals surface area contributed by atoms with Crippen molar-refractivity contribution < 1.29 is 13.6 Å². The summed E-state index contributed by atoms with van der Waals surface area (Å²) in [5.74, 6) is -1.81. The van der Waals surface area contributed by atoms with Crippen LogP contribution in [-0.4, -0.2) is 49.2 Å². The molecule has 0 saturated carbocycles. The number of anilines is 1. The van der Waals surface area contributed by atoms with Gasteiger partial charge in [-0.3, -0.25) is 4.79 Å². The molecule has 2 saturated heterocycles. The number of nitrogens with one attached hydrogen (secondary N) is 1. The van der Waals surface area contributed by atoms with Gasteiger partial charge in [0.25, 0.3) is 0 Å². The summed E-state index contributed by atoms with van der Waals surface area (Å²) in [4.78, 5) is 16.5. The standard InChI is InChI=1S/C15H20F2N4O/c16-12-2-1-11(9-13(12)17)21-10-19-14(22)15(21)3-6-20(7-4-15)8-5-18/h1-2,9H,3-8,10,18H2,(H,19,22). The maximum atomic E-state index is 13.5. The van der Waals surface area contributed by atoms with Crippen molar-refractivity contribution >= 4 is 11.6 Å². The van der Waals surface area contributed by atoms with Gasteiger partial charge in [-0.15, -0.1) is 0 Å². The minimum absolute atomic E-state index is 0.0374. The first-order valence-electron chi connectivity index (χ1n) is 7.50. The number of piperidine rings is 1. The second-order valence-electron chi connectivity index (χ2n) is 5.85. The molecule has 2 aliphatic heterocycles. The Morgan fingerprint density at radius 1 is 1.23 bits per heavy atom. The van der Waals surface area contributed by atoms with Gasteiger partial charge in [-0.25, -0.2) is 8.78 Å². The maximum Gasteiger partial charge on any atom is 0.247 e. The summed E-state index contributed by atoms with van der Waals surface area (Å²) in [6.07, 6.45) is 1.30. The summed E-state index contributed by atoms with van der Waals surface area (Å²) in [7, 11) is 0. The number of halogens is 2. The number of benzene rings is 1. The lowest BCUT2D eigenvalue weighted by molar-refractivity contribution is -0.125. The largest absolute Gasteiger partial charge is 0.339 e. The molecule has 0 bridgehead atoms. The van der Waals surface area contributed by atoms with E-state index in [1.54, 1.807) is 0 Å². The summed E-state index contributed by atoms with van der Waals surface area (Å²) >= 11 is 0. The van der Waals surface area contributed by atoms with Crippen LogP contribution in [0.15, 0.2) is 18.2 Å². The fourth-order valence-electron chi connectivity index (χ4n) is 3.41. The first kappa shape index (κ1) is 15.2. The molecule has 5 nitrogen and oxygen atoms in total. The van der Waals surface area contributed by atoms with E-state index in [2.05, 4.69) is 10.2 Å². The van der Waals surface area contributed by atoms with Gasteiger partial charge in [-0.05, 0) is 25.0 Å². The molecule has 7 heteroatoms. The molecule has 0 radical (unpaired) electrons. The predicted molar refractivity (Wildman–Crippen MR) is 79.3 cm³/mol. The van der Waals surface area contributed by atoms with E-state index in [0.717, 1.165) is 31.8 Å². The highest BCUT2D eigenvalue weighted by molar-refractivity contribution is 5.93. The number of rotatable bonds is 3. The smallest absolute Gasteiger partial charge is 0.247 e. The van der Waals surface area contributed by atoms with E-state index in [-0.39, 0.29) is 5.91 Å².